The zero-order valence-electron chi connectivity index (χ0n) is 18.7. The minimum atomic E-state index is -0.537. The van der Waals surface area contributed by atoms with Crippen LogP contribution in [0.5, 0.6) is 0 Å². The van der Waals surface area contributed by atoms with Crippen molar-refractivity contribution in [2.75, 3.05) is 18.4 Å². The fourth-order valence-corrected chi connectivity index (χ4v) is 3.54. The maximum atomic E-state index is 12.4. The van der Waals surface area contributed by atoms with Crippen LogP contribution in [0, 0.1) is 12.3 Å². The minimum absolute atomic E-state index is 0.00536. The lowest BCUT2D eigenvalue weighted by atomic mass is 9.98. The highest BCUT2D eigenvalue weighted by atomic mass is 16.6. The van der Waals surface area contributed by atoms with Crippen LogP contribution >= 0.6 is 0 Å². The van der Waals surface area contributed by atoms with Gasteiger partial charge in [-0.25, -0.2) is 9.48 Å². The van der Waals surface area contributed by atoms with Gasteiger partial charge in [0.2, 0.25) is 11.9 Å². The summed E-state index contributed by atoms with van der Waals surface area (Å²) in [5.41, 5.74) is -1.02. The molecule has 2 amide bonds. The van der Waals surface area contributed by atoms with Gasteiger partial charge in [0.05, 0.1) is 0 Å². The maximum absolute atomic E-state index is 12.4. The van der Waals surface area contributed by atoms with Crippen molar-refractivity contribution in [1.29, 1.82) is 0 Å². The second kappa shape index (κ2) is 9.04. The van der Waals surface area contributed by atoms with Crippen LogP contribution in [0.25, 0.3) is 0 Å². The van der Waals surface area contributed by atoms with E-state index >= 15 is 0 Å². The Hall–Kier alpha value is -2.96. The molecule has 10 heteroatoms. The van der Waals surface area contributed by atoms with Gasteiger partial charge in [0.25, 0.3) is 0 Å². The fourth-order valence-electron chi connectivity index (χ4n) is 3.54. The predicted molar refractivity (Wildman–Crippen MR) is 114 cm³/mol. The third-order valence-electron chi connectivity index (χ3n) is 5.27. The van der Waals surface area contributed by atoms with E-state index in [1.807, 2.05) is 20.8 Å². The molecule has 31 heavy (non-hydrogen) atoms. The van der Waals surface area contributed by atoms with Gasteiger partial charge in [0.15, 0.2) is 11.5 Å². The zero-order valence-corrected chi connectivity index (χ0v) is 18.7. The minimum Gasteiger partial charge on any atom is -0.444 e. The Balaban J connectivity index is 1.54. The van der Waals surface area contributed by atoms with Gasteiger partial charge in [-0.15, -0.1) is 12.3 Å². The van der Waals surface area contributed by atoms with Gasteiger partial charge >= 0.3 is 6.09 Å². The quantitative estimate of drug-likeness (QED) is 0.669. The molecule has 1 atom stereocenters. The number of carbonyl (C=O) groups is 2. The maximum Gasteiger partial charge on any atom is 0.410 e. The molecule has 0 saturated carbocycles. The molecule has 0 aromatic carbocycles. The molecule has 10 nitrogen and oxygen atoms in total. The summed E-state index contributed by atoms with van der Waals surface area (Å²) in [5, 5.41) is 15.4. The number of ether oxygens (including phenoxy) is 1. The Labute approximate surface area is 182 Å². The molecule has 0 spiro atoms. The number of likely N-dealkylation sites (tertiary alicyclic amines) is 1. The molecule has 2 aliphatic rings. The standard InChI is InChI=1S/C21H31N7O3/c1-6-7-11-21(25-26-21)12-10-16(29)22-18-23-17(24-27(18)5)15-9-8-13-28(14-15)19(30)31-20(2,3)4/h1,15H,7-14H2,2-5H3,(H,22,23,24,29). The molecular formula is C21H31N7O3. The van der Waals surface area contributed by atoms with Crippen LogP contribution < -0.4 is 5.32 Å². The van der Waals surface area contributed by atoms with Crippen molar-refractivity contribution < 1.29 is 14.3 Å². The van der Waals surface area contributed by atoms with Crippen molar-refractivity contribution in [3.05, 3.63) is 5.82 Å². The van der Waals surface area contributed by atoms with Crippen molar-refractivity contribution in [2.24, 2.45) is 17.3 Å². The Kier molecular flexibility index (Phi) is 6.62. The van der Waals surface area contributed by atoms with Crippen molar-refractivity contribution in [3.63, 3.8) is 0 Å². The number of piperidine rings is 1. The zero-order chi connectivity index (χ0) is 22.6. The Morgan fingerprint density at radius 3 is 2.71 bits per heavy atom. The lowest BCUT2D eigenvalue weighted by Gasteiger charge is -2.33. The van der Waals surface area contributed by atoms with E-state index in [0.717, 1.165) is 12.8 Å². The van der Waals surface area contributed by atoms with E-state index in [-0.39, 0.29) is 24.3 Å². The Bertz CT molecular complexity index is 888. The SMILES string of the molecule is C#CCCC1(CCC(=O)Nc2nc(C3CCCN(C(=O)OC(C)(C)C)C3)nn2C)N=N1. The number of hydrogen-bond donors (Lipinski definition) is 1. The number of anilines is 1. The van der Waals surface area contributed by atoms with Crippen LogP contribution in [-0.4, -0.2) is 56.0 Å². The summed E-state index contributed by atoms with van der Waals surface area (Å²) in [7, 11) is 1.74. The molecule has 0 aliphatic carbocycles. The van der Waals surface area contributed by atoms with Crippen LogP contribution in [0.15, 0.2) is 10.2 Å². The first-order valence-electron chi connectivity index (χ1n) is 10.7. The summed E-state index contributed by atoms with van der Waals surface area (Å²) in [6.45, 7) is 6.70. The van der Waals surface area contributed by atoms with Gasteiger partial charge in [0, 0.05) is 51.7 Å². The molecule has 3 rings (SSSR count). The number of aromatic nitrogens is 3. The van der Waals surface area contributed by atoms with Crippen molar-refractivity contribution in [3.8, 4) is 12.3 Å². The molecule has 3 heterocycles. The second-order valence-electron chi connectivity index (χ2n) is 9.12. The smallest absolute Gasteiger partial charge is 0.410 e. The van der Waals surface area contributed by atoms with E-state index < -0.39 is 11.3 Å². The normalized spacial score (nSPS) is 19.6. The molecule has 1 saturated heterocycles. The molecular weight excluding hydrogens is 398 g/mol. The average molecular weight is 430 g/mol. The Morgan fingerprint density at radius 2 is 2.06 bits per heavy atom. The van der Waals surface area contributed by atoms with Crippen molar-refractivity contribution >= 4 is 17.9 Å². The molecule has 1 aromatic heterocycles. The lowest BCUT2D eigenvalue weighted by Crippen LogP contribution is -2.42. The molecule has 1 aromatic rings. The van der Waals surface area contributed by atoms with E-state index in [1.165, 1.54) is 0 Å². The van der Waals surface area contributed by atoms with E-state index in [0.29, 0.717) is 44.1 Å². The number of aryl methyl sites for hydroxylation is 1. The summed E-state index contributed by atoms with van der Waals surface area (Å²) >= 11 is 0. The first-order valence-corrected chi connectivity index (χ1v) is 10.7. The number of nitrogens with zero attached hydrogens (tertiary/aromatic N) is 6. The predicted octanol–water partition coefficient (Wildman–Crippen LogP) is 3.22. The first kappa shape index (κ1) is 22.7. The molecule has 0 radical (unpaired) electrons. The topological polar surface area (TPSA) is 114 Å². The van der Waals surface area contributed by atoms with Gasteiger partial charge in [0.1, 0.15) is 5.60 Å². The second-order valence-corrected chi connectivity index (χ2v) is 9.12. The molecule has 168 valence electrons. The third-order valence-corrected chi connectivity index (χ3v) is 5.27. The van der Waals surface area contributed by atoms with E-state index in [1.54, 1.807) is 16.6 Å². The van der Waals surface area contributed by atoms with Crippen molar-refractivity contribution in [2.45, 2.75) is 76.5 Å². The van der Waals surface area contributed by atoms with Crippen LogP contribution in [0.1, 0.15) is 71.0 Å². The highest BCUT2D eigenvalue weighted by Crippen LogP contribution is 2.37. The van der Waals surface area contributed by atoms with E-state index in [2.05, 4.69) is 31.5 Å². The van der Waals surface area contributed by atoms with Gasteiger partial charge in [-0.3, -0.25) is 10.1 Å². The van der Waals surface area contributed by atoms with E-state index in [9.17, 15) is 9.59 Å². The number of amides is 2. The number of terminal acetylenes is 1. The number of nitrogens with one attached hydrogen (secondary N) is 1. The van der Waals surface area contributed by atoms with Crippen LogP contribution in [0.3, 0.4) is 0 Å². The summed E-state index contributed by atoms with van der Waals surface area (Å²) in [6, 6.07) is 0. The molecule has 0 bridgehead atoms. The van der Waals surface area contributed by atoms with Crippen LogP contribution in [0.4, 0.5) is 10.7 Å². The summed E-state index contributed by atoms with van der Waals surface area (Å²) in [5.74, 6) is 3.41. The largest absolute Gasteiger partial charge is 0.444 e. The lowest BCUT2D eigenvalue weighted by molar-refractivity contribution is -0.116. The summed E-state index contributed by atoms with van der Waals surface area (Å²) in [4.78, 5) is 31.0. The fraction of sp³-hybridized carbons (Fsp3) is 0.714. The van der Waals surface area contributed by atoms with Gasteiger partial charge in [-0.1, -0.05) is 0 Å². The molecule has 1 fully saturated rings. The molecule has 2 aliphatic heterocycles. The first-order chi connectivity index (χ1) is 14.6. The van der Waals surface area contributed by atoms with Crippen LogP contribution in [-0.2, 0) is 16.6 Å². The summed E-state index contributed by atoms with van der Waals surface area (Å²) < 4.78 is 7.04. The highest BCUT2D eigenvalue weighted by molar-refractivity contribution is 5.89. The Morgan fingerprint density at radius 1 is 1.32 bits per heavy atom. The number of rotatable bonds is 7. The van der Waals surface area contributed by atoms with Crippen LogP contribution in [0.2, 0.25) is 0 Å². The third kappa shape index (κ3) is 6.26. The number of hydrogen-bond acceptors (Lipinski definition) is 7. The highest BCUT2D eigenvalue weighted by Gasteiger charge is 2.39. The van der Waals surface area contributed by atoms with E-state index in [4.69, 9.17) is 11.2 Å². The van der Waals surface area contributed by atoms with Gasteiger partial charge in [-0.05, 0) is 33.6 Å². The average Bonchev–Trinajstić information content (AvgIpc) is 3.39. The monoisotopic (exact) mass is 429 g/mol. The summed E-state index contributed by atoms with van der Waals surface area (Å²) in [6.07, 6.45) is 8.74. The van der Waals surface area contributed by atoms with Gasteiger partial charge in [-0.2, -0.15) is 20.3 Å². The van der Waals surface area contributed by atoms with Gasteiger partial charge < -0.3 is 9.64 Å². The van der Waals surface area contributed by atoms with Crippen molar-refractivity contribution in [1.82, 2.24) is 19.7 Å². The molecule has 1 N–H and O–H groups in total. The number of carbonyl (C=O) groups excluding carboxylic acids is 2. The molecule has 1 unspecified atom stereocenters.